The van der Waals surface area contributed by atoms with Gasteiger partial charge < -0.3 is 9.80 Å². The van der Waals surface area contributed by atoms with Crippen LogP contribution in [0.3, 0.4) is 0 Å². The third-order valence-corrected chi connectivity index (χ3v) is 11.9. The fraction of sp³-hybridized carbons (Fsp3) is 0.917. The zero-order valence-electron chi connectivity index (χ0n) is 21.1. The largest absolute Gasteiger partial charge is 0.363 e. The molecule has 0 atom stereocenters. The minimum Gasteiger partial charge on any atom is -0.363 e. The van der Waals surface area contributed by atoms with Crippen molar-refractivity contribution in [3.63, 3.8) is 0 Å². The summed E-state index contributed by atoms with van der Waals surface area (Å²) < 4.78 is 1.97. The maximum Gasteiger partial charge on any atom is 0.146 e. The van der Waals surface area contributed by atoms with Gasteiger partial charge in [-0.2, -0.15) is 0 Å². The molecule has 0 aromatic heterocycles. The van der Waals surface area contributed by atoms with Crippen molar-refractivity contribution in [3.8, 4) is 0 Å². The van der Waals surface area contributed by atoms with Crippen molar-refractivity contribution >= 4 is 76.3 Å². The molecule has 0 unspecified atom stereocenters. The quantitative estimate of drug-likeness (QED) is 0.0773. The third kappa shape index (κ3) is 24.3. The number of hydrogen-bond acceptors (Lipinski definition) is 6. The van der Waals surface area contributed by atoms with Crippen molar-refractivity contribution in [1.82, 2.24) is 9.80 Å². The van der Waals surface area contributed by atoms with Crippen molar-refractivity contribution < 1.29 is 0 Å². The lowest BCUT2D eigenvalue weighted by atomic mass is 10.0. The fourth-order valence-electron chi connectivity index (χ4n) is 3.13. The lowest BCUT2D eigenvalue weighted by Gasteiger charge is -2.11. The standard InChI is InChI=1S/C24H48N2S6/c1-25(2)23(27)31-29-21-19-17-15-13-11-9-7-5-6-8-10-12-14-16-18-20-22-30-32-24(28)26(3)4/h5-22H2,1-4H3. The van der Waals surface area contributed by atoms with Crippen LogP contribution in [0.1, 0.15) is 103 Å². The van der Waals surface area contributed by atoms with Crippen LogP contribution >= 0.6 is 67.6 Å². The Labute approximate surface area is 227 Å². The van der Waals surface area contributed by atoms with Crippen LogP contribution in [-0.2, 0) is 0 Å². The van der Waals surface area contributed by atoms with Gasteiger partial charge in [-0.1, -0.05) is 136 Å². The molecule has 0 N–H and O–H groups in total. The summed E-state index contributed by atoms with van der Waals surface area (Å²) in [5, 5.41) is 0. The maximum absolute atomic E-state index is 5.28. The maximum atomic E-state index is 5.28. The highest BCUT2D eigenvalue weighted by Gasteiger charge is 2.01. The molecule has 0 aliphatic carbocycles. The van der Waals surface area contributed by atoms with Gasteiger partial charge in [-0.3, -0.25) is 0 Å². The molecule has 0 aliphatic heterocycles. The van der Waals surface area contributed by atoms with Gasteiger partial charge in [0.05, 0.1) is 0 Å². The minimum atomic E-state index is 0.983. The van der Waals surface area contributed by atoms with Gasteiger partial charge >= 0.3 is 0 Å². The summed E-state index contributed by atoms with van der Waals surface area (Å²) in [4.78, 5) is 4.03. The first kappa shape index (κ1) is 33.2. The van der Waals surface area contributed by atoms with Crippen molar-refractivity contribution in [1.29, 1.82) is 0 Å². The highest BCUT2D eigenvalue weighted by atomic mass is 33.1. The van der Waals surface area contributed by atoms with Crippen LogP contribution in [0.4, 0.5) is 0 Å². The summed E-state index contributed by atoms with van der Waals surface area (Å²) >= 11 is 10.6. The predicted molar refractivity (Wildman–Crippen MR) is 167 cm³/mol. The van der Waals surface area contributed by atoms with Crippen LogP contribution in [-0.4, -0.2) is 58.1 Å². The second kappa shape index (κ2) is 25.3. The molecule has 0 spiro atoms. The number of thiocarbonyl (C=S) groups is 2. The molecule has 0 amide bonds. The van der Waals surface area contributed by atoms with Gasteiger partial charge in [-0.05, 0) is 34.4 Å². The van der Waals surface area contributed by atoms with Gasteiger partial charge in [0.1, 0.15) is 8.64 Å². The van der Waals surface area contributed by atoms with Crippen LogP contribution < -0.4 is 0 Å². The van der Waals surface area contributed by atoms with Crippen LogP contribution in [0.5, 0.6) is 0 Å². The van der Waals surface area contributed by atoms with Crippen LogP contribution in [0, 0.1) is 0 Å². The van der Waals surface area contributed by atoms with E-state index < -0.39 is 0 Å². The topological polar surface area (TPSA) is 6.48 Å². The molecule has 0 saturated carbocycles. The van der Waals surface area contributed by atoms with Crippen molar-refractivity contribution in [2.24, 2.45) is 0 Å². The molecule has 0 bridgehead atoms. The summed E-state index contributed by atoms with van der Waals surface area (Å²) in [5.74, 6) is 2.45. The van der Waals surface area contributed by atoms with Crippen LogP contribution in [0.2, 0.25) is 0 Å². The van der Waals surface area contributed by atoms with Gasteiger partial charge in [0.25, 0.3) is 0 Å². The monoisotopic (exact) mass is 556 g/mol. The van der Waals surface area contributed by atoms with E-state index in [0.717, 1.165) is 8.64 Å². The molecule has 2 nitrogen and oxygen atoms in total. The Balaban J connectivity index is 3.11. The van der Waals surface area contributed by atoms with E-state index in [2.05, 4.69) is 0 Å². The molecule has 0 saturated heterocycles. The molecule has 0 aromatic rings. The average molecular weight is 557 g/mol. The van der Waals surface area contributed by atoms with E-state index in [0.29, 0.717) is 0 Å². The molecule has 190 valence electrons. The summed E-state index contributed by atoms with van der Waals surface area (Å²) in [6.45, 7) is 0. The van der Waals surface area contributed by atoms with Gasteiger partial charge in [0, 0.05) is 39.7 Å². The van der Waals surface area contributed by atoms with E-state index in [1.54, 1.807) is 21.6 Å². The van der Waals surface area contributed by atoms with Crippen LogP contribution in [0.15, 0.2) is 0 Å². The smallest absolute Gasteiger partial charge is 0.146 e. The Morgan fingerprint density at radius 1 is 0.438 bits per heavy atom. The molecule has 0 fully saturated rings. The second-order valence-electron chi connectivity index (χ2n) is 8.79. The van der Waals surface area contributed by atoms with E-state index in [1.807, 2.05) is 59.6 Å². The summed E-state index contributed by atoms with van der Waals surface area (Å²) in [6, 6.07) is 0. The van der Waals surface area contributed by atoms with Crippen molar-refractivity contribution in [3.05, 3.63) is 0 Å². The zero-order valence-corrected chi connectivity index (χ0v) is 26.0. The van der Waals surface area contributed by atoms with Crippen LogP contribution in [0.25, 0.3) is 0 Å². The molecule has 0 aliphatic rings. The predicted octanol–water partition coefficient (Wildman–Crippen LogP) is 9.68. The number of unbranched alkanes of at least 4 members (excludes halogenated alkanes) is 15. The minimum absolute atomic E-state index is 0.983. The second-order valence-corrected chi connectivity index (χ2v) is 14.9. The Hall–Kier alpha value is 1.18. The van der Waals surface area contributed by atoms with E-state index in [9.17, 15) is 0 Å². The highest BCUT2D eigenvalue weighted by molar-refractivity contribution is 8.84. The zero-order chi connectivity index (χ0) is 23.9. The van der Waals surface area contributed by atoms with Crippen molar-refractivity contribution in [2.45, 2.75) is 103 Å². The first-order chi connectivity index (χ1) is 15.4. The molecular formula is C24H48N2S6. The summed E-state index contributed by atoms with van der Waals surface area (Å²) in [7, 11) is 15.4. The lowest BCUT2D eigenvalue weighted by molar-refractivity contribution is 0.532. The van der Waals surface area contributed by atoms with Gasteiger partial charge in [-0.25, -0.2) is 0 Å². The van der Waals surface area contributed by atoms with E-state index in [-0.39, 0.29) is 0 Å². The van der Waals surface area contributed by atoms with E-state index in [4.69, 9.17) is 24.4 Å². The molecule has 0 aromatic carbocycles. The number of hydrogen-bond donors (Lipinski definition) is 0. The first-order valence-corrected chi connectivity index (χ1v) is 17.9. The Morgan fingerprint density at radius 3 is 0.875 bits per heavy atom. The molecule has 8 heteroatoms. The summed E-state index contributed by atoms with van der Waals surface area (Å²) in [6.07, 6.45) is 22.6. The number of nitrogens with zero attached hydrogens (tertiary/aromatic N) is 2. The van der Waals surface area contributed by atoms with E-state index >= 15 is 0 Å². The number of rotatable bonds is 21. The summed E-state index contributed by atoms with van der Waals surface area (Å²) in [5.41, 5.74) is 0. The van der Waals surface area contributed by atoms with Gasteiger partial charge in [0.15, 0.2) is 0 Å². The van der Waals surface area contributed by atoms with Crippen molar-refractivity contribution in [2.75, 3.05) is 39.7 Å². The van der Waals surface area contributed by atoms with Gasteiger partial charge in [-0.15, -0.1) is 0 Å². The average Bonchev–Trinajstić information content (AvgIpc) is 2.76. The fourth-order valence-corrected chi connectivity index (χ4v) is 8.01. The SMILES string of the molecule is CN(C)C(=S)SSCCCCCCCCCCCCCCCCCCSSC(=S)N(C)C. The first-order valence-electron chi connectivity index (χ1n) is 12.5. The molecule has 32 heavy (non-hydrogen) atoms. The molecule has 0 rings (SSSR count). The lowest BCUT2D eigenvalue weighted by Crippen LogP contribution is -2.14. The third-order valence-electron chi connectivity index (χ3n) is 5.20. The normalized spacial score (nSPS) is 11.0. The highest BCUT2D eigenvalue weighted by Crippen LogP contribution is 2.26. The Morgan fingerprint density at radius 2 is 0.656 bits per heavy atom. The van der Waals surface area contributed by atoms with Gasteiger partial charge in [0.2, 0.25) is 0 Å². The molecule has 0 radical (unpaired) electrons. The molecule has 0 heterocycles. The molecular weight excluding hydrogens is 509 g/mol. The Bertz CT molecular complexity index is 406. The van der Waals surface area contributed by atoms with E-state index in [1.165, 1.54) is 114 Å². The Kier molecular flexibility index (Phi) is 26.2.